The van der Waals surface area contributed by atoms with Gasteiger partial charge in [-0.15, -0.1) is 0 Å². The van der Waals surface area contributed by atoms with Crippen molar-refractivity contribution in [1.82, 2.24) is 4.98 Å². The number of nitrogen functional groups attached to an aromatic ring is 1. The smallest absolute Gasteiger partial charge is 0.241 e. The predicted molar refractivity (Wildman–Crippen MR) is 45.0 cm³/mol. The van der Waals surface area contributed by atoms with Gasteiger partial charge >= 0.3 is 0 Å². The Kier molecular flexibility index (Phi) is 2.22. The van der Waals surface area contributed by atoms with E-state index in [1.165, 1.54) is 6.20 Å². The van der Waals surface area contributed by atoms with Gasteiger partial charge in [-0.1, -0.05) is 11.6 Å². The van der Waals surface area contributed by atoms with Gasteiger partial charge in [0.1, 0.15) is 10.7 Å². The van der Waals surface area contributed by atoms with Crippen molar-refractivity contribution >= 4 is 27.4 Å². The number of primary sulfonamides is 1. The van der Waals surface area contributed by atoms with E-state index >= 15 is 0 Å². The number of aromatic nitrogens is 1. The molecule has 1 aromatic rings. The third-order valence-electron chi connectivity index (χ3n) is 1.15. The molecule has 0 spiro atoms. The molecular weight excluding hydrogens is 202 g/mol. The van der Waals surface area contributed by atoms with Gasteiger partial charge in [0, 0.05) is 6.20 Å². The molecule has 0 aliphatic rings. The Morgan fingerprint density at radius 3 is 2.50 bits per heavy atom. The first kappa shape index (κ1) is 9.24. The number of rotatable bonds is 1. The molecule has 0 amide bonds. The van der Waals surface area contributed by atoms with Crippen LogP contribution in [0.25, 0.3) is 0 Å². The van der Waals surface area contributed by atoms with Crippen molar-refractivity contribution in [3.8, 4) is 0 Å². The molecule has 0 saturated carbocycles. The molecule has 7 heteroatoms. The molecule has 0 saturated heterocycles. The van der Waals surface area contributed by atoms with Crippen LogP contribution in [0.5, 0.6) is 0 Å². The summed E-state index contributed by atoms with van der Waals surface area (Å²) >= 11 is 5.48. The molecule has 0 fully saturated rings. The van der Waals surface area contributed by atoms with Gasteiger partial charge in [-0.25, -0.2) is 18.5 Å². The molecule has 0 radical (unpaired) electrons. The van der Waals surface area contributed by atoms with E-state index in [2.05, 4.69) is 4.98 Å². The highest BCUT2D eigenvalue weighted by Crippen LogP contribution is 2.18. The van der Waals surface area contributed by atoms with Gasteiger partial charge in [-0.3, -0.25) is 0 Å². The van der Waals surface area contributed by atoms with Crippen molar-refractivity contribution in [2.45, 2.75) is 4.90 Å². The number of pyridine rings is 1. The van der Waals surface area contributed by atoms with E-state index in [1.807, 2.05) is 0 Å². The fourth-order valence-electron chi connectivity index (χ4n) is 0.659. The fraction of sp³-hybridized carbons (Fsp3) is 0. The van der Waals surface area contributed by atoms with Crippen molar-refractivity contribution in [2.75, 3.05) is 5.73 Å². The fourth-order valence-corrected chi connectivity index (χ4v) is 1.52. The van der Waals surface area contributed by atoms with Crippen molar-refractivity contribution in [3.63, 3.8) is 0 Å². The minimum atomic E-state index is -3.83. The summed E-state index contributed by atoms with van der Waals surface area (Å²) in [4.78, 5) is 3.28. The van der Waals surface area contributed by atoms with Crippen LogP contribution in [0.2, 0.25) is 5.02 Å². The lowest BCUT2D eigenvalue weighted by Crippen LogP contribution is -2.14. The van der Waals surface area contributed by atoms with Gasteiger partial charge in [0.2, 0.25) is 10.0 Å². The molecule has 0 atom stereocenters. The van der Waals surface area contributed by atoms with Crippen LogP contribution in [0.1, 0.15) is 0 Å². The van der Waals surface area contributed by atoms with E-state index in [-0.39, 0.29) is 15.7 Å². The highest BCUT2D eigenvalue weighted by atomic mass is 35.5. The van der Waals surface area contributed by atoms with Crippen LogP contribution in [0, 0.1) is 0 Å². The molecule has 66 valence electrons. The Bertz CT molecular complexity index is 403. The zero-order valence-corrected chi connectivity index (χ0v) is 7.43. The van der Waals surface area contributed by atoms with Crippen LogP contribution >= 0.6 is 11.6 Å². The molecule has 0 aliphatic carbocycles. The maximum atomic E-state index is 10.8. The third-order valence-corrected chi connectivity index (χ3v) is 2.30. The first-order chi connectivity index (χ1) is 5.41. The van der Waals surface area contributed by atoms with Gasteiger partial charge in [0.05, 0.1) is 5.02 Å². The maximum Gasteiger partial charge on any atom is 0.241 e. The summed E-state index contributed by atoms with van der Waals surface area (Å²) in [6.45, 7) is 0. The first-order valence-corrected chi connectivity index (χ1v) is 4.77. The Morgan fingerprint density at radius 1 is 1.50 bits per heavy atom. The number of hydrogen-bond donors (Lipinski definition) is 2. The van der Waals surface area contributed by atoms with Gasteiger partial charge in [0.25, 0.3) is 0 Å². The zero-order valence-electron chi connectivity index (χ0n) is 5.86. The summed E-state index contributed by atoms with van der Waals surface area (Å²) in [5, 5.41) is 4.99. The minimum absolute atomic E-state index is 0.151. The van der Waals surface area contributed by atoms with Gasteiger partial charge < -0.3 is 5.73 Å². The van der Waals surface area contributed by atoms with Gasteiger partial charge in [-0.2, -0.15) is 0 Å². The molecule has 1 aromatic heterocycles. The van der Waals surface area contributed by atoms with Crippen LogP contribution in [0.15, 0.2) is 17.2 Å². The summed E-state index contributed by atoms with van der Waals surface area (Å²) in [5.74, 6) is -0.151. The molecule has 0 bridgehead atoms. The lowest BCUT2D eigenvalue weighted by Gasteiger charge is -2.00. The minimum Gasteiger partial charge on any atom is -0.383 e. The second-order valence-electron chi connectivity index (χ2n) is 2.08. The van der Waals surface area contributed by atoms with Crippen LogP contribution in [-0.2, 0) is 10.0 Å². The van der Waals surface area contributed by atoms with Crippen molar-refractivity contribution in [3.05, 3.63) is 17.3 Å². The first-order valence-electron chi connectivity index (χ1n) is 2.85. The SMILES string of the molecule is Nc1ncc(Cl)cc1S(N)(=O)=O. The molecule has 0 aromatic carbocycles. The van der Waals surface area contributed by atoms with E-state index in [0.717, 1.165) is 6.07 Å². The number of hydrogen-bond acceptors (Lipinski definition) is 4. The molecule has 1 heterocycles. The average molecular weight is 208 g/mol. The predicted octanol–water partition coefficient (Wildman–Crippen LogP) is -0.0354. The zero-order chi connectivity index (χ0) is 9.35. The van der Waals surface area contributed by atoms with Crippen molar-refractivity contribution in [1.29, 1.82) is 0 Å². The van der Waals surface area contributed by atoms with E-state index in [0.29, 0.717) is 0 Å². The van der Waals surface area contributed by atoms with Crippen LogP contribution in [0.4, 0.5) is 5.82 Å². The Balaban J connectivity index is 3.43. The van der Waals surface area contributed by atoms with E-state index in [4.69, 9.17) is 22.5 Å². The van der Waals surface area contributed by atoms with Crippen molar-refractivity contribution in [2.24, 2.45) is 5.14 Å². The van der Waals surface area contributed by atoms with Crippen LogP contribution in [0.3, 0.4) is 0 Å². The van der Waals surface area contributed by atoms with Gasteiger partial charge in [-0.05, 0) is 6.07 Å². The summed E-state index contributed by atoms with van der Waals surface area (Å²) in [6.07, 6.45) is 1.24. The van der Waals surface area contributed by atoms with Crippen LogP contribution < -0.4 is 10.9 Å². The molecular formula is C5H6ClN3O2S. The summed E-state index contributed by atoms with van der Waals surface area (Å²) in [7, 11) is -3.83. The molecule has 12 heavy (non-hydrogen) atoms. The van der Waals surface area contributed by atoms with Crippen molar-refractivity contribution < 1.29 is 8.42 Å². The largest absolute Gasteiger partial charge is 0.383 e. The molecule has 1 rings (SSSR count). The Labute approximate surface area is 74.4 Å². The summed E-state index contributed by atoms with van der Waals surface area (Å²) in [6, 6.07) is 1.15. The second kappa shape index (κ2) is 2.89. The summed E-state index contributed by atoms with van der Waals surface area (Å²) < 4.78 is 21.6. The second-order valence-corrected chi connectivity index (χ2v) is 4.05. The Hall–Kier alpha value is -0.850. The lowest BCUT2D eigenvalue weighted by atomic mass is 10.5. The Morgan fingerprint density at radius 2 is 2.08 bits per heavy atom. The lowest BCUT2D eigenvalue weighted by molar-refractivity contribution is 0.598. The standard InChI is InChI=1S/C5H6ClN3O2S/c6-3-1-4(12(8,10)11)5(7)9-2-3/h1-2H,(H2,7,9)(H2,8,10,11). The van der Waals surface area contributed by atoms with E-state index < -0.39 is 10.0 Å². The van der Waals surface area contributed by atoms with E-state index in [9.17, 15) is 8.42 Å². The number of nitrogens with zero attached hydrogens (tertiary/aromatic N) is 1. The average Bonchev–Trinajstić information content (AvgIpc) is 1.92. The highest BCUT2D eigenvalue weighted by Gasteiger charge is 2.13. The maximum absolute atomic E-state index is 10.8. The topological polar surface area (TPSA) is 99.1 Å². The summed E-state index contributed by atoms with van der Waals surface area (Å²) in [5.41, 5.74) is 5.25. The number of nitrogens with two attached hydrogens (primary N) is 2. The molecule has 5 nitrogen and oxygen atoms in total. The third kappa shape index (κ3) is 1.84. The quantitative estimate of drug-likeness (QED) is 0.675. The number of sulfonamides is 1. The molecule has 4 N–H and O–H groups in total. The molecule has 0 aliphatic heterocycles. The number of halogens is 1. The highest BCUT2D eigenvalue weighted by molar-refractivity contribution is 7.89. The molecule has 0 unspecified atom stereocenters. The van der Waals surface area contributed by atoms with Gasteiger partial charge in [0.15, 0.2) is 0 Å². The monoisotopic (exact) mass is 207 g/mol. The van der Waals surface area contributed by atoms with E-state index in [1.54, 1.807) is 0 Å². The number of anilines is 1. The van der Waals surface area contributed by atoms with Crippen LogP contribution in [-0.4, -0.2) is 13.4 Å². The normalized spacial score (nSPS) is 11.5.